The maximum Gasteiger partial charge on any atom is 0.293 e. The van der Waals surface area contributed by atoms with Crippen molar-refractivity contribution in [2.24, 2.45) is 0 Å². The molecule has 2 heterocycles. The van der Waals surface area contributed by atoms with Crippen LogP contribution in [0.4, 0.5) is 5.13 Å². The van der Waals surface area contributed by atoms with Gasteiger partial charge in [-0.25, -0.2) is 0 Å². The van der Waals surface area contributed by atoms with Crippen molar-refractivity contribution in [1.82, 2.24) is 9.36 Å². The van der Waals surface area contributed by atoms with Crippen LogP contribution in [0.2, 0.25) is 5.02 Å². The van der Waals surface area contributed by atoms with E-state index in [4.69, 9.17) is 20.8 Å². The maximum atomic E-state index is 12.7. The standard InChI is InChI=1S/C20H16ClN3O3S/c1-10-8-16-14(9-15(10)21)11(2)17(27-16)19(25)23-20-22-18(24-28-20)12-4-6-13(26-3)7-5-12/h4-9H,1-3H3,(H,22,23,24,25). The third-order valence-electron chi connectivity index (χ3n) is 4.42. The Morgan fingerprint density at radius 2 is 1.96 bits per heavy atom. The predicted molar refractivity (Wildman–Crippen MR) is 111 cm³/mol. The molecule has 0 radical (unpaired) electrons. The normalized spacial score (nSPS) is 11.0. The van der Waals surface area contributed by atoms with Gasteiger partial charge in [-0.1, -0.05) is 11.6 Å². The average Bonchev–Trinajstić information content (AvgIpc) is 3.28. The molecule has 0 bridgehead atoms. The minimum atomic E-state index is -0.375. The first-order valence-corrected chi connectivity index (χ1v) is 9.60. The van der Waals surface area contributed by atoms with Gasteiger partial charge >= 0.3 is 0 Å². The molecule has 4 aromatic rings. The first kappa shape index (κ1) is 18.5. The highest BCUT2D eigenvalue weighted by Gasteiger charge is 2.20. The summed E-state index contributed by atoms with van der Waals surface area (Å²) in [7, 11) is 1.61. The van der Waals surface area contributed by atoms with Crippen molar-refractivity contribution < 1.29 is 13.9 Å². The second-order valence-electron chi connectivity index (χ2n) is 6.26. The highest BCUT2D eigenvalue weighted by atomic mass is 35.5. The first-order chi connectivity index (χ1) is 13.5. The molecule has 0 saturated heterocycles. The van der Waals surface area contributed by atoms with Crippen LogP contribution in [0, 0.1) is 13.8 Å². The molecule has 0 spiro atoms. The van der Waals surface area contributed by atoms with E-state index in [1.165, 1.54) is 0 Å². The summed E-state index contributed by atoms with van der Waals surface area (Å²) in [6.07, 6.45) is 0. The third kappa shape index (κ3) is 3.34. The number of methoxy groups -OCH3 is 1. The number of nitrogens with one attached hydrogen (secondary N) is 1. The van der Waals surface area contributed by atoms with Gasteiger partial charge in [0.05, 0.1) is 7.11 Å². The molecule has 2 aromatic carbocycles. The van der Waals surface area contributed by atoms with Crippen LogP contribution in [-0.4, -0.2) is 22.4 Å². The summed E-state index contributed by atoms with van der Waals surface area (Å²) in [6.45, 7) is 3.72. The number of aromatic nitrogens is 2. The molecule has 1 N–H and O–H groups in total. The Bertz CT molecular complexity index is 1180. The number of anilines is 1. The highest BCUT2D eigenvalue weighted by Crippen LogP contribution is 2.31. The van der Waals surface area contributed by atoms with Crippen molar-refractivity contribution in [1.29, 1.82) is 0 Å². The van der Waals surface area contributed by atoms with Gasteiger partial charge in [-0.2, -0.15) is 9.36 Å². The zero-order chi connectivity index (χ0) is 19.8. The van der Waals surface area contributed by atoms with Crippen LogP contribution < -0.4 is 10.1 Å². The lowest BCUT2D eigenvalue weighted by Crippen LogP contribution is -2.11. The van der Waals surface area contributed by atoms with E-state index in [9.17, 15) is 4.79 Å². The number of rotatable bonds is 4. The minimum absolute atomic E-state index is 0.234. The molecule has 0 aliphatic carbocycles. The van der Waals surface area contributed by atoms with Gasteiger partial charge in [0.2, 0.25) is 5.13 Å². The number of benzene rings is 2. The number of ether oxygens (including phenoxy) is 1. The number of nitrogens with zero attached hydrogens (tertiary/aromatic N) is 2. The Hall–Kier alpha value is -2.90. The summed E-state index contributed by atoms with van der Waals surface area (Å²) < 4.78 is 15.2. The monoisotopic (exact) mass is 413 g/mol. The molecular weight excluding hydrogens is 398 g/mol. The molecule has 0 aliphatic heterocycles. The summed E-state index contributed by atoms with van der Waals surface area (Å²) in [4.78, 5) is 17.1. The quantitative estimate of drug-likeness (QED) is 0.479. The van der Waals surface area contributed by atoms with Gasteiger partial charge in [-0.15, -0.1) is 0 Å². The van der Waals surface area contributed by atoms with Crippen LogP contribution in [0.25, 0.3) is 22.4 Å². The van der Waals surface area contributed by atoms with Crippen molar-refractivity contribution >= 4 is 45.1 Å². The van der Waals surface area contributed by atoms with Crippen LogP contribution in [-0.2, 0) is 0 Å². The van der Waals surface area contributed by atoms with Crippen LogP contribution in [0.1, 0.15) is 21.7 Å². The Morgan fingerprint density at radius 3 is 2.68 bits per heavy atom. The number of carbonyl (C=O) groups is 1. The molecule has 1 amide bonds. The molecule has 8 heteroatoms. The van der Waals surface area contributed by atoms with E-state index < -0.39 is 0 Å². The molecule has 2 aromatic heterocycles. The molecular formula is C20H16ClN3O3S. The Kier molecular flexibility index (Phi) is 4.78. The van der Waals surface area contributed by atoms with Crippen LogP contribution >= 0.6 is 23.1 Å². The molecule has 0 unspecified atom stereocenters. The fourth-order valence-electron chi connectivity index (χ4n) is 2.84. The van der Waals surface area contributed by atoms with Crippen LogP contribution in [0.3, 0.4) is 0 Å². The van der Waals surface area contributed by atoms with Crippen LogP contribution in [0.15, 0.2) is 40.8 Å². The van der Waals surface area contributed by atoms with Crippen molar-refractivity contribution in [3.05, 3.63) is 58.3 Å². The second kappa shape index (κ2) is 7.26. The van der Waals surface area contributed by atoms with Crippen molar-refractivity contribution in [2.45, 2.75) is 13.8 Å². The van der Waals surface area contributed by atoms with Crippen LogP contribution in [0.5, 0.6) is 5.75 Å². The van der Waals surface area contributed by atoms with Gasteiger partial charge in [0.25, 0.3) is 5.91 Å². The Balaban J connectivity index is 1.58. The maximum absolute atomic E-state index is 12.7. The van der Waals surface area contributed by atoms with E-state index in [-0.39, 0.29) is 11.7 Å². The first-order valence-electron chi connectivity index (χ1n) is 8.45. The minimum Gasteiger partial charge on any atom is -0.497 e. The van der Waals surface area contributed by atoms with Crippen molar-refractivity contribution in [3.8, 4) is 17.1 Å². The van der Waals surface area contributed by atoms with Gasteiger partial charge in [-0.05, 0) is 55.8 Å². The number of amides is 1. The van der Waals surface area contributed by atoms with Gasteiger partial charge in [0, 0.05) is 33.1 Å². The zero-order valence-electron chi connectivity index (χ0n) is 15.4. The summed E-state index contributed by atoms with van der Waals surface area (Å²) in [5, 5.41) is 4.60. The predicted octanol–water partition coefficient (Wildman–Crippen LogP) is 5.48. The highest BCUT2D eigenvalue weighted by molar-refractivity contribution is 7.10. The lowest BCUT2D eigenvalue weighted by Gasteiger charge is -2.00. The number of furan rings is 1. The summed E-state index contributed by atoms with van der Waals surface area (Å²) in [5.41, 5.74) is 3.08. The fourth-order valence-corrected chi connectivity index (χ4v) is 3.59. The van der Waals surface area contributed by atoms with Gasteiger partial charge in [0.1, 0.15) is 11.3 Å². The largest absolute Gasteiger partial charge is 0.497 e. The number of halogens is 1. The smallest absolute Gasteiger partial charge is 0.293 e. The molecule has 0 fully saturated rings. The molecule has 4 rings (SSSR count). The number of carbonyl (C=O) groups excluding carboxylic acids is 1. The van der Waals surface area contributed by atoms with E-state index in [0.717, 1.165) is 39.4 Å². The lowest BCUT2D eigenvalue weighted by atomic mass is 10.1. The fraction of sp³-hybridized carbons (Fsp3) is 0.150. The summed E-state index contributed by atoms with van der Waals surface area (Å²) >= 11 is 7.30. The van der Waals surface area contributed by atoms with E-state index in [1.807, 2.05) is 50.2 Å². The van der Waals surface area contributed by atoms with Gasteiger partial charge in [-0.3, -0.25) is 10.1 Å². The Labute approximate surface area is 170 Å². The number of aryl methyl sites for hydroxylation is 2. The van der Waals surface area contributed by atoms with Gasteiger partial charge in [0.15, 0.2) is 11.6 Å². The molecule has 0 saturated carbocycles. The summed E-state index contributed by atoms with van der Waals surface area (Å²) in [5.74, 6) is 1.15. The van der Waals surface area contributed by atoms with E-state index in [2.05, 4.69) is 14.7 Å². The lowest BCUT2D eigenvalue weighted by molar-refractivity contribution is 0.0998. The van der Waals surface area contributed by atoms with Gasteiger partial charge < -0.3 is 9.15 Å². The van der Waals surface area contributed by atoms with E-state index in [1.54, 1.807) is 7.11 Å². The SMILES string of the molecule is COc1ccc(-c2nsc(NC(=O)c3oc4cc(C)c(Cl)cc4c3C)n2)cc1. The number of hydrogen-bond acceptors (Lipinski definition) is 6. The average molecular weight is 414 g/mol. The topological polar surface area (TPSA) is 77.2 Å². The number of fused-ring (bicyclic) bond motifs is 1. The molecule has 0 atom stereocenters. The summed E-state index contributed by atoms with van der Waals surface area (Å²) in [6, 6.07) is 11.0. The number of hydrogen-bond donors (Lipinski definition) is 1. The zero-order valence-corrected chi connectivity index (χ0v) is 16.9. The molecule has 0 aliphatic rings. The Morgan fingerprint density at radius 1 is 1.21 bits per heavy atom. The third-order valence-corrected chi connectivity index (χ3v) is 5.46. The molecule has 28 heavy (non-hydrogen) atoms. The molecule has 142 valence electrons. The molecule has 6 nitrogen and oxygen atoms in total. The van der Waals surface area contributed by atoms with E-state index in [0.29, 0.717) is 21.6 Å². The van der Waals surface area contributed by atoms with Crippen molar-refractivity contribution in [3.63, 3.8) is 0 Å². The second-order valence-corrected chi connectivity index (χ2v) is 7.42. The van der Waals surface area contributed by atoms with Crippen molar-refractivity contribution in [2.75, 3.05) is 12.4 Å². The van der Waals surface area contributed by atoms with E-state index >= 15 is 0 Å².